The Balaban J connectivity index is 2.15. The number of nitrogens with one attached hydrogen (secondary N) is 2. The van der Waals surface area contributed by atoms with Gasteiger partial charge in [0.1, 0.15) is 4.60 Å². The minimum atomic E-state index is 0.694. The van der Waals surface area contributed by atoms with Gasteiger partial charge in [-0.3, -0.25) is 4.98 Å². The molecule has 5 heteroatoms. The van der Waals surface area contributed by atoms with Crippen LogP contribution in [0.4, 0.5) is 11.6 Å². The van der Waals surface area contributed by atoms with E-state index in [1.165, 1.54) is 0 Å². The Morgan fingerprint density at radius 1 is 1.38 bits per heavy atom. The molecular formula is C8H7BrN4. The average Bonchev–Trinajstić information content (AvgIpc) is 2.53. The molecule has 0 amide bonds. The first-order valence-corrected chi connectivity index (χ1v) is 4.51. The van der Waals surface area contributed by atoms with Crippen LogP contribution < -0.4 is 5.32 Å². The highest BCUT2D eigenvalue weighted by Gasteiger charge is 1.97. The quantitative estimate of drug-likeness (QED) is 0.845. The zero-order valence-corrected chi connectivity index (χ0v) is 8.25. The molecule has 2 aromatic rings. The van der Waals surface area contributed by atoms with Crippen molar-refractivity contribution in [1.29, 1.82) is 0 Å². The SMILES string of the molecule is Brc1cnc(Nc2cccnc2)[nH]1. The monoisotopic (exact) mass is 238 g/mol. The van der Waals surface area contributed by atoms with Crippen molar-refractivity contribution in [3.8, 4) is 0 Å². The van der Waals surface area contributed by atoms with E-state index >= 15 is 0 Å². The first-order chi connectivity index (χ1) is 6.34. The Morgan fingerprint density at radius 2 is 2.31 bits per heavy atom. The second kappa shape index (κ2) is 3.57. The third kappa shape index (κ3) is 2.06. The molecule has 0 saturated carbocycles. The lowest BCUT2D eigenvalue weighted by Crippen LogP contribution is -1.91. The van der Waals surface area contributed by atoms with Gasteiger partial charge in [0, 0.05) is 6.20 Å². The van der Waals surface area contributed by atoms with E-state index in [0.29, 0.717) is 5.95 Å². The summed E-state index contributed by atoms with van der Waals surface area (Å²) in [4.78, 5) is 11.0. The molecule has 0 aliphatic rings. The van der Waals surface area contributed by atoms with Crippen LogP contribution in [0.3, 0.4) is 0 Å². The Morgan fingerprint density at radius 3 is 2.92 bits per heavy atom. The van der Waals surface area contributed by atoms with Gasteiger partial charge in [0.2, 0.25) is 5.95 Å². The fraction of sp³-hybridized carbons (Fsp3) is 0. The van der Waals surface area contributed by atoms with E-state index in [2.05, 4.69) is 36.2 Å². The molecular weight excluding hydrogens is 232 g/mol. The van der Waals surface area contributed by atoms with Crippen LogP contribution in [0.25, 0.3) is 0 Å². The van der Waals surface area contributed by atoms with Crippen molar-refractivity contribution in [3.63, 3.8) is 0 Å². The summed E-state index contributed by atoms with van der Waals surface area (Å²) < 4.78 is 0.846. The number of aromatic amines is 1. The Bertz CT molecular complexity index is 384. The van der Waals surface area contributed by atoms with Gasteiger partial charge in [0.25, 0.3) is 0 Å². The van der Waals surface area contributed by atoms with E-state index in [0.717, 1.165) is 10.3 Å². The second-order valence-electron chi connectivity index (χ2n) is 2.45. The van der Waals surface area contributed by atoms with Gasteiger partial charge in [0.15, 0.2) is 0 Å². The zero-order valence-electron chi connectivity index (χ0n) is 6.66. The van der Waals surface area contributed by atoms with Crippen molar-refractivity contribution in [2.45, 2.75) is 0 Å². The predicted octanol–water partition coefficient (Wildman–Crippen LogP) is 2.31. The van der Waals surface area contributed by atoms with Crippen molar-refractivity contribution in [2.75, 3.05) is 5.32 Å². The number of anilines is 2. The lowest BCUT2D eigenvalue weighted by atomic mass is 10.4. The zero-order chi connectivity index (χ0) is 9.10. The lowest BCUT2D eigenvalue weighted by molar-refractivity contribution is 1.25. The molecule has 0 aliphatic heterocycles. The molecule has 0 spiro atoms. The first kappa shape index (κ1) is 8.25. The number of hydrogen-bond donors (Lipinski definition) is 2. The number of imidazole rings is 1. The summed E-state index contributed by atoms with van der Waals surface area (Å²) in [6, 6.07) is 3.78. The largest absolute Gasteiger partial charge is 0.324 e. The molecule has 13 heavy (non-hydrogen) atoms. The van der Waals surface area contributed by atoms with Crippen LogP contribution in [0.1, 0.15) is 0 Å². The molecule has 2 heterocycles. The third-order valence-corrected chi connectivity index (χ3v) is 1.87. The van der Waals surface area contributed by atoms with Crippen molar-refractivity contribution >= 4 is 27.6 Å². The predicted molar refractivity (Wildman–Crippen MR) is 53.8 cm³/mol. The fourth-order valence-corrected chi connectivity index (χ4v) is 1.23. The van der Waals surface area contributed by atoms with Gasteiger partial charge in [-0.15, -0.1) is 0 Å². The van der Waals surface area contributed by atoms with E-state index in [9.17, 15) is 0 Å². The summed E-state index contributed by atoms with van der Waals surface area (Å²) in [5.41, 5.74) is 0.907. The van der Waals surface area contributed by atoms with E-state index < -0.39 is 0 Å². The first-order valence-electron chi connectivity index (χ1n) is 3.72. The van der Waals surface area contributed by atoms with E-state index in [1.807, 2.05) is 12.1 Å². The molecule has 0 bridgehead atoms. The molecule has 2 aromatic heterocycles. The Kier molecular flexibility index (Phi) is 2.27. The van der Waals surface area contributed by atoms with Crippen LogP contribution in [-0.4, -0.2) is 15.0 Å². The van der Waals surface area contributed by atoms with E-state index in [1.54, 1.807) is 18.6 Å². The van der Waals surface area contributed by atoms with Crippen molar-refractivity contribution in [1.82, 2.24) is 15.0 Å². The number of H-pyrrole nitrogens is 1. The molecule has 0 unspecified atom stereocenters. The smallest absolute Gasteiger partial charge is 0.205 e. The minimum Gasteiger partial charge on any atom is -0.324 e. The van der Waals surface area contributed by atoms with Gasteiger partial charge in [-0.05, 0) is 28.1 Å². The number of pyridine rings is 1. The van der Waals surface area contributed by atoms with Crippen LogP contribution in [0.2, 0.25) is 0 Å². The minimum absolute atomic E-state index is 0.694. The van der Waals surface area contributed by atoms with E-state index in [-0.39, 0.29) is 0 Å². The highest BCUT2D eigenvalue weighted by Crippen LogP contribution is 2.13. The summed E-state index contributed by atoms with van der Waals surface area (Å²) in [6.45, 7) is 0. The fourth-order valence-electron chi connectivity index (χ4n) is 0.936. The standard InChI is InChI=1S/C8H7BrN4/c9-7-5-11-8(13-7)12-6-2-1-3-10-4-6/h1-5H,(H2,11,12,13). The van der Waals surface area contributed by atoms with Crippen molar-refractivity contribution in [2.24, 2.45) is 0 Å². The topological polar surface area (TPSA) is 53.6 Å². The maximum Gasteiger partial charge on any atom is 0.205 e. The number of rotatable bonds is 2. The molecule has 66 valence electrons. The Labute approximate surface area is 83.6 Å². The third-order valence-electron chi connectivity index (χ3n) is 1.47. The highest BCUT2D eigenvalue weighted by molar-refractivity contribution is 9.10. The van der Waals surface area contributed by atoms with Crippen LogP contribution in [0, 0.1) is 0 Å². The molecule has 0 fully saturated rings. The van der Waals surface area contributed by atoms with Gasteiger partial charge in [0.05, 0.1) is 18.1 Å². The molecule has 0 saturated heterocycles. The molecule has 0 radical (unpaired) electrons. The second-order valence-corrected chi connectivity index (χ2v) is 3.30. The van der Waals surface area contributed by atoms with Crippen LogP contribution >= 0.6 is 15.9 Å². The van der Waals surface area contributed by atoms with Gasteiger partial charge in [-0.2, -0.15) is 0 Å². The maximum atomic E-state index is 4.07. The number of hydrogen-bond acceptors (Lipinski definition) is 3. The summed E-state index contributed by atoms with van der Waals surface area (Å²) in [5.74, 6) is 0.694. The molecule has 4 nitrogen and oxygen atoms in total. The average molecular weight is 239 g/mol. The van der Waals surface area contributed by atoms with Gasteiger partial charge in [-0.1, -0.05) is 0 Å². The van der Waals surface area contributed by atoms with Crippen LogP contribution in [0.5, 0.6) is 0 Å². The van der Waals surface area contributed by atoms with E-state index in [4.69, 9.17) is 0 Å². The Hall–Kier alpha value is -1.36. The van der Waals surface area contributed by atoms with Crippen LogP contribution in [0.15, 0.2) is 35.3 Å². The van der Waals surface area contributed by atoms with Crippen molar-refractivity contribution in [3.05, 3.63) is 35.3 Å². The number of nitrogens with zero attached hydrogens (tertiary/aromatic N) is 2. The maximum absolute atomic E-state index is 4.07. The van der Waals surface area contributed by atoms with Crippen LogP contribution in [-0.2, 0) is 0 Å². The van der Waals surface area contributed by atoms with Gasteiger partial charge < -0.3 is 10.3 Å². The van der Waals surface area contributed by atoms with Gasteiger partial charge in [-0.25, -0.2) is 4.98 Å². The molecule has 2 rings (SSSR count). The molecule has 2 N–H and O–H groups in total. The molecule has 0 aromatic carbocycles. The molecule has 0 aliphatic carbocycles. The summed E-state index contributed by atoms with van der Waals surface area (Å²) in [7, 11) is 0. The number of aromatic nitrogens is 3. The molecule has 0 atom stereocenters. The summed E-state index contributed by atoms with van der Waals surface area (Å²) in [6.07, 6.45) is 5.15. The normalized spacial score (nSPS) is 9.92. The van der Waals surface area contributed by atoms with Gasteiger partial charge >= 0.3 is 0 Å². The summed E-state index contributed by atoms with van der Waals surface area (Å²) >= 11 is 3.27. The highest BCUT2D eigenvalue weighted by atomic mass is 79.9. The van der Waals surface area contributed by atoms with Crippen molar-refractivity contribution < 1.29 is 0 Å². The lowest BCUT2D eigenvalue weighted by Gasteiger charge is -1.99. The number of halogens is 1. The summed E-state index contributed by atoms with van der Waals surface area (Å²) in [5, 5.41) is 3.07.